The maximum Gasteiger partial charge on any atom is 0.330 e. The molecule has 14 atom stereocenters. The predicted molar refractivity (Wildman–Crippen MR) is 192 cm³/mol. The number of carbonyl (C=O) groups is 2. The number of ether oxygens (including phenoxy) is 3. The third-order valence-electron chi connectivity index (χ3n) is 11.6. The van der Waals surface area contributed by atoms with Crippen molar-refractivity contribution in [3.05, 3.63) is 24.3 Å². The van der Waals surface area contributed by atoms with Crippen molar-refractivity contribution in [3.8, 4) is 0 Å². The molecule has 0 radical (unpaired) electrons. The molecule has 3 aliphatic heterocycles. The number of ketones is 1. The second-order valence-electron chi connectivity index (χ2n) is 16.5. The number of aliphatic hydroxyl groups excluding tert-OH is 4. The average Bonchev–Trinajstić information content (AvgIpc) is 3.05. The van der Waals surface area contributed by atoms with Crippen LogP contribution in [0.25, 0.3) is 0 Å². The van der Waals surface area contributed by atoms with Gasteiger partial charge in [-0.3, -0.25) is 4.79 Å². The molecule has 2 bridgehead atoms. The minimum atomic E-state index is -1.45. The van der Waals surface area contributed by atoms with Crippen molar-refractivity contribution in [2.75, 3.05) is 0 Å². The number of allylic oxidation sites excluding steroid dienone is 2. The molecule has 3 rings (SSSR count). The van der Waals surface area contributed by atoms with Crippen LogP contribution < -0.4 is 0 Å². The minimum absolute atomic E-state index is 0.0337. The zero-order valence-electron chi connectivity index (χ0n) is 31.9. The molecule has 0 saturated carbocycles. The number of fused-ring (bicyclic) bond motifs is 2. The third kappa shape index (κ3) is 11.9. The highest BCUT2D eigenvalue weighted by Crippen LogP contribution is 2.45. The highest BCUT2D eigenvalue weighted by molar-refractivity contribution is 5.83. The van der Waals surface area contributed by atoms with Gasteiger partial charge in [0.15, 0.2) is 5.79 Å². The van der Waals surface area contributed by atoms with Gasteiger partial charge in [-0.1, -0.05) is 66.7 Å². The summed E-state index contributed by atoms with van der Waals surface area (Å²) < 4.78 is 19.5. The van der Waals surface area contributed by atoms with Crippen LogP contribution in [0.4, 0.5) is 0 Å². The lowest BCUT2D eigenvalue weighted by atomic mass is 9.79. The molecule has 0 amide bonds. The summed E-state index contributed by atoms with van der Waals surface area (Å²) in [6.07, 6.45) is 6.39. The molecule has 10 nitrogen and oxygen atoms in total. The molecule has 0 aromatic rings. The molecule has 3 aliphatic rings. The molecular formula is C40H68O10. The fourth-order valence-corrected chi connectivity index (χ4v) is 7.69. The normalized spacial score (nSPS) is 43.8. The number of Topliss-reactive ketones (excluding diaryl/α,β-unsaturated/α-hetero) is 1. The number of carbonyl (C=O) groups excluding carboxylic acids is 2. The number of rotatable bonds is 5. The first kappa shape index (κ1) is 42.8. The molecule has 5 N–H and O–H groups in total. The molecule has 2 fully saturated rings. The lowest BCUT2D eigenvalue weighted by Crippen LogP contribution is -2.57. The molecule has 0 unspecified atom stereocenters. The minimum Gasteiger partial charge on any atom is -0.459 e. The smallest absolute Gasteiger partial charge is 0.330 e. The lowest BCUT2D eigenvalue weighted by molar-refractivity contribution is -0.346. The van der Waals surface area contributed by atoms with Crippen molar-refractivity contribution in [1.29, 1.82) is 0 Å². The van der Waals surface area contributed by atoms with Gasteiger partial charge in [-0.15, -0.1) is 0 Å². The van der Waals surface area contributed by atoms with Gasteiger partial charge in [0.2, 0.25) is 0 Å². The molecule has 1 spiro atoms. The number of hydrogen-bond acceptors (Lipinski definition) is 10. The zero-order chi connectivity index (χ0) is 37.4. The average molecular weight is 709 g/mol. The fourth-order valence-electron chi connectivity index (χ4n) is 7.69. The van der Waals surface area contributed by atoms with Gasteiger partial charge in [-0.25, -0.2) is 4.79 Å². The predicted octanol–water partition coefficient (Wildman–Crippen LogP) is 5.41. The van der Waals surface area contributed by atoms with Crippen molar-refractivity contribution in [2.24, 2.45) is 35.5 Å². The van der Waals surface area contributed by atoms with E-state index in [4.69, 9.17) is 14.2 Å². The summed E-state index contributed by atoms with van der Waals surface area (Å²) in [6, 6.07) is 0. The molecule has 10 heteroatoms. The summed E-state index contributed by atoms with van der Waals surface area (Å²) in [6.45, 7) is 15.1. The van der Waals surface area contributed by atoms with E-state index in [1.807, 2.05) is 26.0 Å². The highest BCUT2D eigenvalue weighted by atomic mass is 16.7. The Bertz CT molecular complexity index is 1140. The van der Waals surface area contributed by atoms with Crippen LogP contribution in [0.2, 0.25) is 0 Å². The van der Waals surface area contributed by atoms with E-state index in [9.17, 15) is 35.1 Å². The van der Waals surface area contributed by atoms with Crippen LogP contribution >= 0.6 is 0 Å². The first-order valence-electron chi connectivity index (χ1n) is 19.3. The standard InChI is InChI=1S/C40H68O10/c1-9-30(41)20-33-25(4)16-18-40(49-33)23-35-28(7)34(50-40)21-32(43)29(19-24(2)3)13-11-10-12-17-39(8,47)36(44)22-31(42)27(6)38(46)26(5)14-15-37(45)48-35/h11,13-15,24-31,33-36,38,41-42,44,46-47H,9-10,12,16-23H2,1-8H3/b13-11+,15-14+/t25-,26-,27+,28+,29+,30+,31-,33-,34-,35-,36+,38+,39+,40+/m0/s1. The van der Waals surface area contributed by atoms with E-state index in [0.717, 1.165) is 6.42 Å². The summed E-state index contributed by atoms with van der Waals surface area (Å²) in [5, 5.41) is 54.2. The zero-order valence-corrected chi connectivity index (χ0v) is 31.9. The largest absolute Gasteiger partial charge is 0.459 e. The molecule has 2 saturated heterocycles. The van der Waals surface area contributed by atoms with Crippen LogP contribution in [0.1, 0.15) is 126 Å². The Morgan fingerprint density at radius 2 is 1.66 bits per heavy atom. The van der Waals surface area contributed by atoms with Crippen molar-refractivity contribution < 1.29 is 49.3 Å². The van der Waals surface area contributed by atoms with Crippen molar-refractivity contribution in [2.45, 2.75) is 180 Å². The van der Waals surface area contributed by atoms with Crippen molar-refractivity contribution >= 4 is 11.8 Å². The van der Waals surface area contributed by atoms with Crippen LogP contribution in [-0.2, 0) is 23.8 Å². The first-order valence-corrected chi connectivity index (χ1v) is 19.3. The Labute approximate surface area is 300 Å². The molecule has 288 valence electrons. The Balaban J connectivity index is 1.96. The summed E-state index contributed by atoms with van der Waals surface area (Å²) in [4.78, 5) is 27.3. The molecule has 3 heterocycles. The summed E-state index contributed by atoms with van der Waals surface area (Å²) in [5.41, 5.74) is -1.45. The Kier molecular flexibility index (Phi) is 16.2. The van der Waals surface area contributed by atoms with Gasteiger partial charge in [0.1, 0.15) is 11.9 Å². The number of hydrogen-bond donors (Lipinski definition) is 5. The van der Waals surface area contributed by atoms with E-state index in [0.29, 0.717) is 44.9 Å². The van der Waals surface area contributed by atoms with Crippen molar-refractivity contribution in [3.63, 3.8) is 0 Å². The summed E-state index contributed by atoms with van der Waals surface area (Å²) >= 11 is 0. The van der Waals surface area contributed by atoms with E-state index >= 15 is 0 Å². The topological polar surface area (TPSA) is 163 Å². The van der Waals surface area contributed by atoms with Gasteiger partial charge in [0.05, 0.1) is 42.2 Å². The van der Waals surface area contributed by atoms with Crippen LogP contribution in [0.5, 0.6) is 0 Å². The number of esters is 1. The molecular weight excluding hydrogens is 640 g/mol. The van der Waals surface area contributed by atoms with E-state index in [2.05, 4.69) is 20.8 Å². The summed E-state index contributed by atoms with van der Waals surface area (Å²) in [7, 11) is 0. The number of aliphatic hydroxyl groups is 5. The van der Waals surface area contributed by atoms with E-state index in [1.165, 1.54) is 6.08 Å². The molecule has 0 aliphatic carbocycles. The molecule has 50 heavy (non-hydrogen) atoms. The van der Waals surface area contributed by atoms with Crippen LogP contribution in [0.3, 0.4) is 0 Å². The van der Waals surface area contributed by atoms with Gasteiger partial charge >= 0.3 is 5.97 Å². The van der Waals surface area contributed by atoms with Crippen LogP contribution in [0.15, 0.2) is 24.3 Å². The quantitative estimate of drug-likeness (QED) is 0.184. The highest BCUT2D eigenvalue weighted by Gasteiger charge is 2.52. The van der Waals surface area contributed by atoms with E-state index in [-0.39, 0.29) is 54.8 Å². The first-order chi connectivity index (χ1) is 23.4. The Morgan fingerprint density at radius 1 is 0.960 bits per heavy atom. The van der Waals surface area contributed by atoms with Gasteiger partial charge < -0.3 is 39.7 Å². The van der Waals surface area contributed by atoms with Gasteiger partial charge in [-0.2, -0.15) is 0 Å². The maximum absolute atomic E-state index is 14.0. The Hall–Kier alpha value is -1.66. The van der Waals surface area contributed by atoms with Gasteiger partial charge in [0, 0.05) is 55.4 Å². The van der Waals surface area contributed by atoms with E-state index in [1.54, 1.807) is 26.8 Å². The Morgan fingerprint density at radius 3 is 2.32 bits per heavy atom. The van der Waals surface area contributed by atoms with Crippen LogP contribution in [0, 0.1) is 35.5 Å². The van der Waals surface area contributed by atoms with Crippen LogP contribution in [-0.4, -0.2) is 91.4 Å². The lowest BCUT2D eigenvalue weighted by Gasteiger charge is -2.51. The maximum atomic E-state index is 14.0. The van der Waals surface area contributed by atoms with E-state index < -0.39 is 65.8 Å². The second kappa shape index (κ2) is 18.9. The summed E-state index contributed by atoms with van der Waals surface area (Å²) in [5.74, 6) is -2.97. The third-order valence-corrected chi connectivity index (χ3v) is 11.6. The fraction of sp³-hybridized carbons (Fsp3) is 0.850. The van der Waals surface area contributed by atoms with Gasteiger partial charge in [0.25, 0.3) is 0 Å². The SMILES string of the molecule is CC[C@@H](O)C[C@@H]1O[C@@]2(CC[C@@H]1C)C[C@@H]1OC(=O)/C=C/[C@H](C)[C@@H](O)[C@H](C)[C@@H](O)C[C@@H](O)[C@](C)(O)CCC/C=C/[C@H](CC(C)C)C(=O)C[C@H](O2)[C@H]1C. The monoisotopic (exact) mass is 708 g/mol. The van der Waals surface area contributed by atoms with Crippen molar-refractivity contribution in [1.82, 2.24) is 0 Å². The molecule has 0 aromatic carbocycles. The molecule has 0 aromatic heterocycles. The second-order valence-corrected chi connectivity index (χ2v) is 16.5. The van der Waals surface area contributed by atoms with Gasteiger partial charge in [-0.05, 0) is 63.7 Å².